The zero-order chi connectivity index (χ0) is 13.8. The highest BCUT2D eigenvalue weighted by Gasteiger charge is 2.17. The molecular formula is C13H21N5O. The third-order valence-corrected chi connectivity index (χ3v) is 3.19. The minimum absolute atomic E-state index is 0.145. The lowest BCUT2D eigenvalue weighted by atomic mass is 10.3. The van der Waals surface area contributed by atoms with Crippen LogP contribution in [0.1, 0.15) is 10.5 Å². The first kappa shape index (κ1) is 13.8. The van der Waals surface area contributed by atoms with Crippen LogP contribution in [0.2, 0.25) is 0 Å². The molecule has 1 fully saturated rings. The predicted molar refractivity (Wildman–Crippen MR) is 75.1 cm³/mol. The summed E-state index contributed by atoms with van der Waals surface area (Å²) in [6, 6.07) is 5.46. The lowest BCUT2D eigenvalue weighted by Crippen LogP contribution is -2.52. The molecule has 2 heterocycles. The minimum atomic E-state index is -0.145. The van der Waals surface area contributed by atoms with E-state index in [2.05, 4.69) is 22.4 Å². The number of nitrogens with one attached hydrogen (secondary N) is 1. The number of hydrogen-bond donors (Lipinski definition) is 1. The van der Waals surface area contributed by atoms with Crippen LogP contribution in [0.4, 0.5) is 5.82 Å². The van der Waals surface area contributed by atoms with Gasteiger partial charge in [0.2, 0.25) is 0 Å². The summed E-state index contributed by atoms with van der Waals surface area (Å²) in [6.45, 7) is 3.61. The number of hydrazine groups is 1. The monoisotopic (exact) mass is 263 g/mol. The Hall–Kier alpha value is -1.66. The fourth-order valence-corrected chi connectivity index (χ4v) is 1.92. The molecule has 104 valence electrons. The predicted octanol–water partition coefficient (Wildman–Crippen LogP) is 0.0398. The minimum Gasteiger partial charge on any atom is -0.363 e. The van der Waals surface area contributed by atoms with Crippen molar-refractivity contribution in [3.8, 4) is 0 Å². The van der Waals surface area contributed by atoms with Gasteiger partial charge in [-0.3, -0.25) is 10.2 Å². The van der Waals surface area contributed by atoms with Gasteiger partial charge in [-0.2, -0.15) is 0 Å². The van der Waals surface area contributed by atoms with Gasteiger partial charge in [0.25, 0.3) is 5.91 Å². The number of rotatable bonds is 3. The van der Waals surface area contributed by atoms with Crippen molar-refractivity contribution in [2.75, 3.05) is 52.2 Å². The molecule has 1 aromatic rings. The van der Waals surface area contributed by atoms with Crippen molar-refractivity contribution in [1.82, 2.24) is 20.3 Å². The molecule has 0 bridgehead atoms. The van der Waals surface area contributed by atoms with Crippen LogP contribution in [0.25, 0.3) is 0 Å². The third kappa shape index (κ3) is 3.65. The zero-order valence-electron chi connectivity index (χ0n) is 11.8. The maximum atomic E-state index is 12.1. The van der Waals surface area contributed by atoms with E-state index in [0.717, 1.165) is 32.0 Å². The molecule has 2 rings (SSSR count). The van der Waals surface area contributed by atoms with Gasteiger partial charge in [-0.1, -0.05) is 6.07 Å². The van der Waals surface area contributed by atoms with Gasteiger partial charge in [0.1, 0.15) is 11.5 Å². The van der Waals surface area contributed by atoms with Crippen LogP contribution >= 0.6 is 0 Å². The van der Waals surface area contributed by atoms with Crippen molar-refractivity contribution in [2.24, 2.45) is 0 Å². The Morgan fingerprint density at radius 3 is 2.58 bits per heavy atom. The molecule has 1 N–H and O–H groups in total. The first-order valence-corrected chi connectivity index (χ1v) is 6.45. The summed E-state index contributed by atoms with van der Waals surface area (Å²) in [5.41, 5.74) is 3.36. The van der Waals surface area contributed by atoms with Crippen LogP contribution in [0, 0.1) is 0 Å². The lowest BCUT2D eigenvalue weighted by Gasteiger charge is -2.32. The van der Waals surface area contributed by atoms with Gasteiger partial charge < -0.3 is 9.80 Å². The quantitative estimate of drug-likeness (QED) is 0.834. The molecule has 0 spiro atoms. The number of hydrogen-bond acceptors (Lipinski definition) is 5. The highest BCUT2D eigenvalue weighted by molar-refractivity contribution is 5.92. The number of amides is 1. The summed E-state index contributed by atoms with van der Waals surface area (Å²) >= 11 is 0. The van der Waals surface area contributed by atoms with E-state index in [9.17, 15) is 4.79 Å². The molecule has 1 aliphatic rings. The smallest absolute Gasteiger partial charge is 0.284 e. The second-order valence-electron chi connectivity index (χ2n) is 5.01. The van der Waals surface area contributed by atoms with Gasteiger partial charge in [-0.05, 0) is 19.2 Å². The highest BCUT2D eigenvalue weighted by Crippen LogP contribution is 2.08. The van der Waals surface area contributed by atoms with Gasteiger partial charge in [0.15, 0.2) is 0 Å². The van der Waals surface area contributed by atoms with Crippen molar-refractivity contribution in [1.29, 1.82) is 0 Å². The molecule has 19 heavy (non-hydrogen) atoms. The van der Waals surface area contributed by atoms with Crippen LogP contribution in [0.15, 0.2) is 18.2 Å². The molecule has 0 saturated carbocycles. The van der Waals surface area contributed by atoms with Crippen LogP contribution in [-0.4, -0.2) is 68.1 Å². The summed E-state index contributed by atoms with van der Waals surface area (Å²) in [7, 11) is 5.90. The van der Waals surface area contributed by atoms with Crippen LogP contribution in [0.3, 0.4) is 0 Å². The standard InChI is InChI=1S/C13H21N5O/c1-16(2)12-6-4-5-11(14-12)13(19)15-18-9-7-17(3)8-10-18/h4-6H,7-10H2,1-3H3,(H,15,19). The number of anilines is 1. The van der Waals surface area contributed by atoms with Gasteiger partial charge in [-0.25, -0.2) is 9.99 Å². The number of likely N-dealkylation sites (N-methyl/N-ethyl adjacent to an activating group) is 1. The van der Waals surface area contributed by atoms with E-state index in [1.165, 1.54) is 0 Å². The van der Waals surface area contributed by atoms with E-state index < -0.39 is 0 Å². The first-order valence-electron chi connectivity index (χ1n) is 6.45. The van der Waals surface area contributed by atoms with E-state index >= 15 is 0 Å². The number of nitrogens with zero attached hydrogens (tertiary/aromatic N) is 4. The normalized spacial score (nSPS) is 17.2. The number of carbonyl (C=O) groups is 1. The number of piperazine rings is 1. The molecule has 0 atom stereocenters. The molecule has 0 aliphatic carbocycles. The van der Waals surface area contributed by atoms with Crippen LogP contribution in [0.5, 0.6) is 0 Å². The molecular weight excluding hydrogens is 242 g/mol. The number of pyridine rings is 1. The second-order valence-corrected chi connectivity index (χ2v) is 5.01. The molecule has 0 radical (unpaired) electrons. The fraction of sp³-hybridized carbons (Fsp3) is 0.538. The number of carbonyl (C=O) groups excluding carboxylic acids is 1. The summed E-state index contributed by atoms with van der Waals surface area (Å²) in [5.74, 6) is 0.638. The molecule has 1 amide bonds. The maximum absolute atomic E-state index is 12.1. The SMILES string of the molecule is CN1CCN(NC(=O)c2cccc(N(C)C)n2)CC1. The lowest BCUT2D eigenvalue weighted by molar-refractivity contribution is 0.0658. The van der Waals surface area contributed by atoms with E-state index in [0.29, 0.717) is 5.69 Å². The summed E-state index contributed by atoms with van der Waals surface area (Å²) in [6.07, 6.45) is 0. The molecule has 0 unspecified atom stereocenters. The Bertz CT molecular complexity index is 440. The largest absolute Gasteiger partial charge is 0.363 e. The summed E-state index contributed by atoms with van der Waals surface area (Å²) in [4.78, 5) is 20.6. The summed E-state index contributed by atoms with van der Waals surface area (Å²) < 4.78 is 0. The molecule has 0 aromatic carbocycles. The van der Waals surface area contributed by atoms with Crippen molar-refractivity contribution >= 4 is 11.7 Å². The molecule has 1 aromatic heterocycles. The third-order valence-electron chi connectivity index (χ3n) is 3.19. The highest BCUT2D eigenvalue weighted by atomic mass is 16.2. The van der Waals surface area contributed by atoms with E-state index in [4.69, 9.17) is 0 Å². The Morgan fingerprint density at radius 2 is 1.95 bits per heavy atom. The Kier molecular flexibility index (Phi) is 4.34. The first-order chi connectivity index (χ1) is 9.06. The average molecular weight is 263 g/mol. The molecule has 6 nitrogen and oxygen atoms in total. The van der Waals surface area contributed by atoms with Crippen molar-refractivity contribution in [2.45, 2.75) is 0 Å². The zero-order valence-corrected chi connectivity index (χ0v) is 11.8. The topological polar surface area (TPSA) is 51.7 Å². The van der Waals surface area contributed by atoms with Gasteiger partial charge in [-0.15, -0.1) is 0 Å². The number of aromatic nitrogens is 1. The van der Waals surface area contributed by atoms with Gasteiger partial charge in [0, 0.05) is 40.3 Å². The van der Waals surface area contributed by atoms with Crippen LogP contribution in [-0.2, 0) is 0 Å². The van der Waals surface area contributed by atoms with Gasteiger partial charge >= 0.3 is 0 Å². The Morgan fingerprint density at radius 1 is 1.26 bits per heavy atom. The Labute approximate surface area is 114 Å². The van der Waals surface area contributed by atoms with E-state index in [-0.39, 0.29) is 5.91 Å². The molecule has 1 aliphatic heterocycles. The second kappa shape index (κ2) is 5.99. The summed E-state index contributed by atoms with van der Waals surface area (Å²) in [5, 5.41) is 1.95. The molecule has 1 saturated heterocycles. The molecule has 6 heteroatoms. The van der Waals surface area contributed by atoms with Crippen molar-refractivity contribution in [3.05, 3.63) is 23.9 Å². The maximum Gasteiger partial charge on any atom is 0.284 e. The van der Waals surface area contributed by atoms with E-state index in [1.54, 1.807) is 6.07 Å². The van der Waals surface area contributed by atoms with Gasteiger partial charge in [0.05, 0.1) is 0 Å². The van der Waals surface area contributed by atoms with Crippen LogP contribution < -0.4 is 10.3 Å². The van der Waals surface area contributed by atoms with E-state index in [1.807, 2.05) is 36.1 Å². The van der Waals surface area contributed by atoms with Crippen molar-refractivity contribution < 1.29 is 4.79 Å². The van der Waals surface area contributed by atoms with Crippen molar-refractivity contribution in [3.63, 3.8) is 0 Å². The Balaban J connectivity index is 1.98. The fourth-order valence-electron chi connectivity index (χ4n) is 1.92. The average Bonchev–Trinajstić information content (AvgIpc) is 2.41.